The number of aryl methyl sites for hydroxylation is 1. The van der Waals surface area contributed by atoms with E-state index in [2.05, 4.69) is 22.2 Å². The van der Waals surface area contributed by atoms with Crippen LogP contribution >= 0.6 is 11.8 Å². The maximum Gasteiger partial charge on any atom is 0.451 e. The Balaban J connectivity index is 1.71. The standard InChI is InChI=1S/C21H20F3N3OS/c1-3-14-8-10-15(11-9-14)13(2)25-18(28)12-29-19-16-6-4-5-7-17(16)26-20(27-19)21(22,23)24/h4-11,13H,3,12H2,1-2H3,(H,25,28)/t13-/m0/s1. The number of benzene rings is 2. The van der Waals surface area contributed by atoms with Crippen molar-refractivity contribution >= 4 is 28.6 Å². The number of rotatable bonds is 6. The highest BCUT2D eigenvalue weighted by Crippen LogP contribution is 2.32. The Morgan fingerprint density at radius 1 is 1.10 bits per heavy atom. The van der Waals surface area contributed by atoms with E-state index >= 15 is 0 Å². The second kappa shape index (κ2) is 8.82. The molecule has 1 heterocycles. The van der Waals surface area contributed by atoms with Gasteiger partial charge in [0.15, 0.2) is 0 Å². The summed E-state index contributed by atoms with van der Waals surface area (Å²) < 4.78 is 39.3. The highest BCUT2D eigenvalue weighted by molar-refractivity contribution is 8.00. The average Bonchev–Trinajstić information content (AvgIpc) is 2.71. The third-order valence-electron chi connectivity index (χ3n) is 4.43. The maximum atomic E-state index is 13.1. The van der Waals surface area contributed by atoms with Gasteiger partial charge in [0, 0.05) is 5.39 Å². The van der Waals surface area contributed by atoms with Crippen LogP contribution in [-0.2, 0) is 17.4 Å². The second-order valence-corrected chi connectivity index (χ2v) is 7.50. The molecule has 0 spiro atoms. The number of nitrogens with zero attached hydrogens (tertiary/aromatic N) is 2. The first kappa shape index (κ1) is 21.1. The second-order valence-electron chi connectivity index (χ2n) is 6.54. The van der Waals surface area contributed by atoms with E-state index in [1.165, 1.54) is 11.6 Å². The number of aromatic nitrogens is 2. The third-order valence-corrected chi connectivity index (χ3v) is 5.42. The summed E-state index contributed by atoms with van der Waals surface area (Å²) >= 11 is 0.968. The van der Waals surface area contributed by atoms with Crippen LogP contribution in [0.1, 0.15) is 36.8 Å². The Morgan fingerprint density at radius 2 is 1.79 bits per heavy atom. The lowest BCUT2D eigenvalue weighted by Gasteiger charge is -2.15. The summed E-state index contributed by atoms with van der Waals surface area (Å²) in [5, 5.41) is 3.50. The van der Waals surface area contributed by atoms with E-state index in [1.54, 1.807) is 18.2 Å². The molecule has 0 bridgehead atoms. The van der Waals surface area contributed by atoms with Crippen LogP contribution in [0.2, 0.25) is 0 Å². The number of thioether (sulfide) groups is 1. The number of amides is 1. The average molecular weight is 419 g/mol. The molecule has 0 aliphatic heterocycles. The van der Waals surface area contributed by atoms with Gasteiger partial charge < -0.3 is 5.32 Å². The zero-order valence-corrected chi connectivity index (χ0v) is 16.8. The summed E-state index contributed by atoms with van der Waals surface area (Å²) in [6.07, 6.45) is -3.72. The van der Waals surface area contributed by atoms with Crippen LogP contribution in [-0.4, -0.2) is 21.6 Å². The lowest BCUT2D eigenvalue weighted by Crippen LogP contribution is -2.28. The molecule has 4 nitrogen and oxygen atoms in total. The van der Waals surface area contributed by atoms with Crippen molar-refractivity contribution in [2.75, 3.05) is 5.75 Å². The fourth-order valence-electron chi connectivity index (χ4n) is 2.83. The van der Waals surface area contributed by atoms with Gasteiger partial charge in [0.1, 0.15) is 5.03 Å². The molecular weight excluding hydrogens is 399 g/mol. The monoisotopic (exact) mass is 419 g/mol. The van der Waals surface area contributed by atoms with Crippen molar-refractivity contribution in [2.45, 2.75) is 37.5 Å². The van der Waals surface area contributed by atoms with Crippen molar-refractivity contribution < 1.29 is 18.0 Å². The van der Waals surface area contributed by atoms with Crippen LogP contribution in [0.3, 0.4) is 0 Å². The molecule has 0 fully saturated rings. The van der Waals surface area contributed by atoms with Crippen LogP contribution < -0.4 is 5.32 Å². The first-order chi connectivity index (χ1) is 13.8. The number of halogens is 3. The number of hydrogen-bond donors (Lipinski definition) is 1. The molecule has 0 unspecified atom stereocenters. The first-order valence-electron chi connectivity index (χ1n) is 9.13. The van der Waals surface area contributed by atoms with Gasteiger partial charge in [-0.3, -0.25) is 4.79 Å². The van der Waals surface area contributed by atoms with E-state index in [1.807, 2.05) is 31.2 Å². The van der Waals surface area contributed by atoms with Crippen LogP contribution in [0.25, 0.3) is 10.9 Å². The molecule has 1 aromatic heterocycles. The summed E-state index contributed by atoms with van der Waals surface area (Å²) in [6, 6.07) is 14.2. The molecule has 0 saturated heterocycles. The van der Waals surface area contributed by atoms with Crippen LogP contribution in [0.5, 0.6) is 0 Å². The van der Waals surface area contributed by atoms with Gasteiger partial charge in [-0.05, 0) is 30.5 Å². The highest BCUT2D eigenvalue weighted by Gasteiger charge is 2.35. The molecule has 1 amide bonds. The number of fused-ring (bicyclic) bond motifs is 1. The van der Waals surface area contributed by atoms with Crippen molar-refractivity contribution in [3.05, 3.63) is 65.5 Å². The molecule has 0 aliphatic rings. The summed E-state index contributed by atoms with van der Waals surface area (Å²) in [7, 11) is 0. The van der Waals surface area contributed by atoms with Crippen LogP contribution in [0, 0.1) is 0 Å². The topological polar surface area (TPSA) is 54.9 Å². The van der Waals surface area contributed by atoms with Gasteiger partial charge >= 0.3 is 6.18 Å². The minimum Gasteiger partial charge on any atom is -0.349 e. The Bertz CT molecular complexity index is 1010. The zero-order chi connectivity index (χ0) is 21.0. The Hall–Kier alpha value is -2.61. The van der Waals surface area contributed by atoms with E-state index in [-0.39, 0.29) is 28.2 Å². The Labute approximate surface area is 170 Å². The molecule has 8 heteroatoms. The summed E-state index contributed by atoms with van der Waals surface area (Å²) in [6.45, 7) is 3.93. The fourth-order valence-corrected chi connectivity index (χ4v) is 3.66. The van der Waals surface area contributed by atoms with E-state index in [0.29, 0.717) is 5.39 Å². The summed E-state index contributed by atoms with van der Waals surface area (Å²) in [5.74, 6) is -1.53. The first-order valence-corrected chi connectivity index (χ1v) is 10.1. The van der Waals surface area contributed by atoms with Gasteiger partial charge in [-0.1, -0.05) is 61.2 Å². The summed E-state index contributed by atoms with van der Waals surface area (Å²) in [5.41, 5.74) is 2.37. The normalized spacial score (nSPS) is 12.7. The minimum atomic E-state index is -4.65. The van der Waals surface area contributed by atoms with E-state index in [0.717, 1.165) is 23.7 Å². The predicted octanol–water partition coefficient (Wildman–Crippen LogP) is 5.18. The van der Waals surface area contributed by atoms with Crippen molar-refractivity contribution in [3.63, 3.8) is 0 Å². The van der Waals surface area contributed by atoms with Gasteiger partial charge in [0.25, 0.3) is 0 Å². The van der Waals surface area contributed by atoms with Crippen molar-refractivity contribution in [1.82, 2.24) is 15.3 Å². The van der Waals surface area contributed by atoms with Gasteiger partial charge in [-0.15, -0.1) is 0 Å². The Kier molecular flexibility index (Phi) is 6.42. The molecule has 3 aromatic rings. The number of alkyl halides is 3. The lowest BCUT2D eigenvalue weighted by molar-refractivity contribution is -0.145. The molecule has 0 aliphatic carbocycles. The SMILES string of the molecule is CCc1ccc([C@H](C)NC(=O)CSc2nc(C(F)(F)F)nc3ccccc23)cc1. The van der Waals surface area contributed by atoms with Gasteiger partial charge in [0.05, 0.1) is 17.3 Å². The highest BCUT2D eigenvalue weighted by atomic mass is 32.2. The quantitative estimate of drug-likeness (QED) is 0.442. The predicted molar refractivity (Wildman–Crippen MR) is 108 cm³/mol. The molecule has 0 saturated carbocycles. The summed E-state index contributed by atoms with van der Waals surface area (Å²) in [4.78, 5) is 19.6. The third kappa shape index (κ3) is 5.26. The molecule has 1 N–H and O–H groups in total. The van der Waals surface area contributed by atoms with Gasteiger partial charge in [-0.25, -0.2) is 9.97 Å². The van der Waals surface area contributed by atoms with E-state index < -0.39 is 12.0 Å². The number of hydrogen-bond acceptors (Lipinski definition) is 4. The van der Waals surface area contributed by atoms with Crippen LogP contribution in [0.15, 0.2) is 53.6 Å². The minimum absolute atomic E-state index is 0.0459. The van der Waals surface area contributed by atoms with E-state index in [9.17, 15) is 18.0 Å². The molecule has 0 radical (unpaired) electrons. The largest absolute Gasteiger partial charge is 0.451 e. The molecule has 1 atom stereocenters. The number of para-hydroxylation sites is 1. The van der Waals surface area contributed by atoms with Gasteiger partial charge in [0.2, 0.25) is 11.7 Å². The lowest BCUT2D eigenvalue weighted by atomic mass is 10.1. The molecular formula is C21H20F3N3OS. The number of nitrogens with one attached hydrogen (secondary N) is 1. The maximum absolute atomic E-state index is 13.1. The number of carbonyl (C=O) groups is 1. The molecule has 152 valence electrons. The zero-order valence-electron chi connectivity index (χ0n) is 16.0. The van der Waals surface area contributed by atoms with Crippen molar-refractivity contribution in [2.24, 2.45) is 0 Å². The molecule has 29 heavy (non-hydrogen) atoms. The number of carbonyl (C=O) groups excluding carboxylic acids is 1. The van der Waals surface area contributed by atoms with Crippen LogP contribution in [0.4, 0.5) is 13.2 Å². The van der Waals surface area contributed by atoms with E-state index in [4.69, 9.17) is 0 Å². The smallest absolute Gasteiger partial charge is 0.349 e. The fraction of sp³-hybridized carbons (Fsp3) is 0.286. The Morgan fingerprint density at radius 3 is 2.45 bits per heavy atom. The van der Waals surface area contributed by atoms with Crippen molar-refractivity contribution in [1.29, 1.82) is 0 Å². The van der Waals surface area contributed by atoms with Crippen molar-refractivity contribution in [3.8, 4) is 0 Å². The molecule has 2 aromatic carbocycles. The molecule has 3 rings (SSSR count). The van der Waals surface area contributed by atoms with Gasteiger partial charge in [-0.2, -0.15) is 13.2 Å².